The second-order valence-electron chi connectivity index (χ2n) is 7.95. The topological polar surface area (TPSA) is 118 Å². The summed E-state index contributed by atoms with van der Waals surface area (Å²) in [6.07, 6.45) is -0.970. The van der Waals surface area contributed by atoms with Crippen molar-refractivity contribution < 1.29 is 30.8 Å². The standard InChI is InChI=1S/C20H19F4N5O3S/c1-29-19(25)28-17-13(7-20(23,24)8-16(17)33(29,31)32)12-6-11(3-4-14(12)22)27-18(30)15-5-2-10(21)9-26-15/h2-6,9,13,16-17H,7-8H2,1H3,(H2,25,28)(H,27,30). The number of benzene rings is 1. The Morgan fingerprint density at radius 1 is 1.21 bits per heavy atom. The molecule has 0 radical (unpaired) electrons. The molecule has 176 valence electrons. The van der Waals surface area contributed by atoms with E-state index in [-0.39, 0.29) is 22.9 Å². The van der Waals surface area contributed by atoms with E-state index in [0.717, 1.165) is 37.5 Å². The van der Waals surface area contributed by atoms with Crippen molar-refractivity contribution in [3.05, 3.63) is 59.4 Å². The fourth-order valence-corrected chi connectivity index (χ4v) is 5.90. The fraction of sp³-hybridized carbons (Fsp3) is 0.350. The summed E-state index contributed by atoms with van der Waals surface area (Å²) in [6.45, 7) is 0. The van der Waals surface area contributed by atoms with Crippen molar-refractivity contribution in [3.8, 4) is 0 Å². The number of rotatable bonds is 3. The van der Waals surface area contributed by atoms with E-state index >= 15 is 0 Å². The molecule has 0 bridgehead atoms. The Hall–Kier alpha value is -3.22. The van der Waals surface area contributed by atoms with Gasteiger partial charge in [0.25, 0.3) is 5.91 Å². The molecule has 1 aromatic heterocycles. The molecule has 0 saturated heterocycles. The highest BCUT2D eigenvalue weighted by Gasteiger charge is 2.56. The molecule has 2 heterocycles. The first kappa shape index (κ1) is 23.0. The van der Waals surface area contributed by atoms with E-state index in [1.54, 1.807) is 0 Å². The van der Waals surface area contributed by atoms with Gasteiger partial charge in [-0.15, -0.1) is 0 Å². The average molecular weight is 485 g/mol. The van der Waals surface area contributed by atoms with Crippen LogP contribution in [0.2, 0.25) is 0 Å². The highest BCUT2D eigenvalue weighted by Crippen LogP contribution is 2.48. The zero-order valence-corrected chi connectivity index (χ0v) is 18.0. The molecule has 3 atom stereocenters. The van der Waals surface area contributed by atoms with Crippen LogP contribution in [0.25, 0.3) is 0 Å². The largest absolute Gasteiger partial charge is 0.369 e. The molecule has 1 aromatic carbocycles. The maximum Gasteiger partial charge on any atom is 0.274 e. The number of aliphatic imine (C=N–C) groups is 1. The molecule has 1 saturated carbocycles. The zero-order chi connectivity index (χ0) is 24.1. The molecule has 13 heteroatoms. The van der Waals surface area contributed by atoms with E-state index in [2.05, 4.69) is 15.3 Å². The predicted molar refractivity (Wildman–Crippen MR) is 111 cm³/mol. The predicted octanol–water partition coefficient (Wildman–Crippen LogP) is 2.45. The van der Waals surface area contributed by atoms with Crippen LogP contribution < -0.4 is 11.1 Å². The lowest BCUT2D eigenvalue weighted by molar-refractivity contribution is -0.0446. The molecule has 33 heavy (non-hydrogen) atoms. The lowest BCUT2D eigenvalue weighted by atomic mass is 9.77. The molecule has 2 aliphatic rings. The number of pyridine rings is 1. The number of carbonyl (C=O) groups excluding carboxylic acids is 1. The van der Waals surface area contributed by atoms with Gasteiger partial charge in [-0.3, -0.25) is 4.79 Å². The van der Waals surface area contributed by atoms with Crippen LogP contribution in [0, 0.1) is 11.6 Å². The lowest BCUT2D eigenvalue weighted by Crippen LogP contribution is -2.58. The van der Waals surface area contributed by atoms with Crippen molar-refractivity contribution in [2.45, 2.75) is 36.0 Å². The molecule has 0 spiro atoms. The van der Waals surface area contributed by atoms with Crippen LogP contribution in [0.5, 0.6) is 0 Å². The van der Waals surface area contributed by atoms with Gasteiger partial charge in [0, 0.05) is 31.5 Å². The number of sulfonamides is 1. The number of fused-ring (bicyclic) bond motifs is 1. The molecule has 1 aliphatic carbocycles. The zero-order valence-electron chi connectivity index (χ0n) is 17.2. The van der Waals surface area contributed by atoms with E-state index < -0.39 is 63.5 Å². The van der Waals surface area contributed by atoms with Gasteiger partial charge in [-0.05, 0) is 35.9 Å². The number of nitrogens with one attached hydrogen (secondary N) is 1. The minimum absolute atomic E-state index is 0.0562. The Bertz CT molecular complexity index is 1240. The quantitative estimate of drug-likeness (QED) is 0.648. The van der Waals surface area contributed by atoms with Gasteiger partial charge in [0.05, 0.1) is 12.2 Å². The molecule has 1 fully saturated rings. The van der Waals surface area contributed by atoms with Gasteiger partial charge in [-0.1, -0.05) is 0 Å². The van der Waals surface area contributed by atoms with Crippen molar-refractivity contribution >= 4 is 27.6 Å². The maximum absolute atomic E-state index is 14.8. The monoisotopic (exact) mass is 485 g/mol. The summed E-state index contributed by atoms with van der Waals surface area (Å²) >= 11 is 0. The molecular formula is C20H19F4N5O3S. The van der Waals surface area contributed by atoms with Crippen LogP contribution in [-0.4, -0.2) is 53.8 Å². The number of carbonyl (C=O) groups is 1. The van der Waals surface area contributed by atoms with Crippen LogP contribution >= 0.6 is 0 Å². The second-order valence-corrected chi connectivity index (χ2v) is 10.1. The number of nitrogens with zero attached hydrogens (tertiary/aromatic N) is 3. The molecule has 3 N–H and O–H groups in total. The minimum atomic E-state index is -4.24. The third kappa shape index (κ3) is 4.24. The van der Waals surface area contributed by atoms with Crippen LogP contribution in [-0.2, 0) is 10.0 Å². The Kier molecular flexibility index (Phi) is 5.55. The van der Waals surface area contributed by atoms with Crippen LogP contribution in [0.15, 0.2) is 41.5 Å². The fourth-order valence-electron chi connectivity index (χ4n) is 4.13. The second kappa shape index (κ2) is 7.97. The number of alkyl halides is 2. The highest BCUT2D eigenvalue weighted by atomic mass is 32.2. The first-order valence-electron chi connectivity index (χ1n) is 9.80. The Morgan fingerprint density at radius 3 is 2.61 bits per heavy atom. The van der Waals surface area contributed by atoms with Crippen molar-refractivity contribution in [2.24, 2.45) is 10.7 Å². The van der Waals surface area contributed by atoms with Crippen molar-refractivity contribution in [1.82, 2.24) is 9.29 Å². The summed E-state index contributed by atoms with van der Waals surface area (Å²) in [5.41, 5.74) is 5.41. The van der Waals surface area contributed by atoms with Gasteiger partial charge in [-0.2, -0.15) is 0 Å². The molecule has 1 aliphatic heterocycles. The summed E-state index contributed by atoms with van der Waals surface area (Å²) < 4.78 is 83.1. The van der Waals surface area contributed by atoms with Crippen LogP contribution in [0.3, 0.4) is 0 Å². The molecule has 3 unspecified atom stereocenters. The van der Waals surface area contributed by atoms with Crippen LogP contribution in [0.4, 0.5) is 23.2 Å². The van der Waals surface area contributed by atoms with E-state index in [4.69, 9.17) is 5.73 Å². The number of nitrogens with two attached hydrogens (primary N) is 1. The molecule has 2 aromatic rings. The van der Waals surface area contributed by atoms with Gasteiger partial charge in [0.15, 0.2) is 0 Å². The summed E-state index contributed by atoms with van der Waals surface area (Å²) in [5.74, 6) is -7.33. The number of halogens is 4. The van der Waals surface area contributed by atoms with Crippen molar-refractivity contribution in [2.75, 3.05) is 12.4 Å². The van der Waals surface area contributed by atoms with Crippen LogP contribution in [0.1, 0.15) is 34.8 Å². The summed E-state index contributed by atoms with van der Waals surface area (Å²) in [7, 11) is -3.12. The smallest absolute Gasteiger partial charge is 0.274 e. The molecule has 8 nitrogen and oxygen atoms in total. The van der Waals surface area contributed by atoms with Gasteiger partial charge in [0.2, 0.25) is 21.9 Å². The van der Waals surface area contributed by atoms with Gasteiger partial charge >= 0.3 is 0 Å². The Morgan fingerprint density at radius 2 is 1.94 bits per heavy atom. The number of anilines is 1. The number of hydrogen-bond donors (Lipinski definition) is 2. The van der Waals surface area contributed by atoms with Gasteiger partial charge < -0.3 is 11.1 Å². The molecular weight excluding hydrogens is 466 g/mol. The first-order valence-corrected chi connectivity index (χ1v) is 11.3. The third-order valence-corrected chi connectivity index (χ3v) is 7.95. The molecule has 1 amide bonds. The number of guanidine groups is 1. The SMILES string of the molecule is CN1C(N)=NC2C(c3cc(NC(=O)c4ccc(F)cn4)ccc3F)CC(F)(F)CC2S1(=O)=O. The Labute approximate surface area is 186 Å². The van der Waals surface area contributed by atoms with Crippen molar-refractivity contribution in [3.63, 3.8) is 0 Å². The number of amides is 1. The van der Waals surface area contributed by atoms with E-state index in [9.17, 15) is 30.8 Å². The summed E-state index contributed by atoms with van der Waals surface area (Å²) in [5, 5.41) is 0.851. The summed E-state index contributed by atoms with van der Waals surface area (Å²) in [4.78, 5) is 20.1. The van der Waals surface area contributed by atoms with E-state index in [0.29, 0.717) is 4.31 Å². The van der Waals surface area contributed by atoms with E-state index in [1.165, 1.54) is 6.07 Å². The van der Waals surface area contributed by atoms with Gasteiger partial charge in [0.1, 0.15) is 22.6 Å². The summed E-state index contributed by atoms with van der Waals surface area (Å²) in [6, 6.07) is 4.28. The van der Waals surface area contributed by atoms with Gasteiger partial charge in [-0.25, -0.2) is 40.3 Å². The highest BCUT2D eigenvalue weighted by molar-refractivity contribution is 7.90. The lowest BCUT2D eigenvalue weighted by Gasteiger charge is -2.43. The molecule has 4 rings (SSSR count). The van der Waals surface area contributed by atoms with Crippen molar-refractivity contribution in [1.29, 1.82) is 0 Å². The minimum Gasteiger partial charge on any atom is -0.369 e. The maximum atomic E-state index is 14.8. The third-order valence-electron chi connectivity index (χ3n) is 5.79. The normalized spacial score (nSPS) is 25.7. The first-order chi connectivity index (χ1) is 15.4. The Balaban J connectivity index is 1.71. The average Bonchev–Trinajstić information content (AvgIpc) is 2.74. The van der Waals surface area contributed by atoms with E-state index in [1.807, 2.05) is 0 Å². The number of hydrogen-bond acceptors (Lipinski definition) is 6. The number of aromatic nitrogens is 1.